The number of Topliss-reactive ketones (excluding diaryl/α,β-unsaturated/α-hetero) is 1. The predicted molar refractivity (Wildman–Crippen MR) is 79.9 cm³/mol. The number of nitrogens with two attached hydrogens (primary N) is 1. The fourth-order valence-corrected chi connectivity index (χ4v) is 1.91. The summed E-state index contributed by atoms with van der Waals surface area (Å²) < 4.78 is 0. The fourth-order valence-electron chi connectivity index (χ4n) is 1.91. The molecule has 0 fully saturated rings. The number of phenolic OH excluding ortho intramolecular Hbond substituents is 1. The second-order valence-corrected chi connectivity index (χ2v) is 4.64. The first kappa shape index (κ1) is 14.1. The van der Waals surface area contributed by atoms with Gasteiger partial charge in [-0.2, -0.15) is 0 Å². The van der Waals surface area contributed by atoms with Crippen molar-refractivity contribution in [1.82, 2.24) is 5.32 Å². The summed E-state index contributed by atoms with van der Waals surface area (Å²) in [6, 6.07) is 14.0. The lowest BCUT2D eigenvalue weighted by Gasteiger charge is -2.05. The Morgan fingerprint density at radius 2 is 1.90 bits per heavy atom. The predicted octanol–water partition coefficient (Wildman–Crippen LogP) is 1.99. The largest absolute Gasteiger partial charge is 0.508 e. The van der Waals surface area contributed by atoms with Crippen LogP contribution in [0.2, 0.25) is 0 Å². The van der Waals surface area contributed by atoms with Crippen LogP contribution in [-0.4, -0.2) is 24.0 Å². The standard InChI is InChI=1S/C16H18N2O2/c17-14-3-1-2-13(10-14)16(20)11-18-9-8-12-4-6-15(19)7-5-12/h1-7,10,18-19H,8-9,11,17H2. The minimum atomic E-state index is 0.0306. The third-order valence-electron chi connectivity index (χ3n) is 3.02. The molecule has 2 aromatic carbocycles. The molecule has 2 aromatic rings. The maximum Gasteiger partial charge on any atom is 0.176 e. The van der Waals surface area contributed by atoms with Crippen LogP contribution < -0.4 is 11.1 Å². The van der Waals surface area contributed by atoms with Crippen LogP contribution in [0.15, 0.2) is 48.5 Å². The molecule has 20 heavy (non-hydrogen) atoms. The van der Waals surface area contributed by atoms with E-state index in [9.17, 15) is 9.90 Å². The Hall–Kier alpha value is -2.33. The number of hydrogen-bond donors (Lipinski definition) is 3. The van der Waals surface area contributed by atoms with Crippen LogP contribution >= 0.6 is 0 Å². The van der Waals surface area contributed by atoms with Gasteiger partial charge in [-0.3, -0.25) is 4.79 Å². The van der Waals surface area contributed by atoms with Gasteiger partial charge in [0, 0.05) is 11.3 Å². The lowest BCUT2D eigenvalue weighted by Crippen LogP contribution is -2.25. The molecule has 0 saturated carbocycles. The van der Waals surface area contributed by atoms with Gasteiger partial charge in [0.15, 0.2) is 5.78 Å². The zero-order valence-electron chi connectivity index (χ0n) is 11.2. The highest BCUT2D eigenvalue weighted by Gasteiger charge is 2.05. The Kier molecular flexibility index (Phi) is 4.74. The molecule has 0 aliphatic rings. The highest BCUT2D eigenvalue weighted by Crippen LogP contribution is 2.10. The van der Waals surface area contributed by atoms with Crippen molar-refractivity contribution in [3.63, 3.8) is 0 Å². The molecule has 2 rings (SSSR count). The van der Waals surface area contributed by atoms with E-state index in [1.807, 2.05) is 12.1 Å². The number of hydrogen-bond acceptors (Lipinski definition) is 4. The summed E-state index contributed by atoms with van der Waals surface area (Å²) in [6.07, 6.45) is 0.810. The van der Waals surface area contributed by atoms with E-state index >= 15 is 0 Å². The third-order valence-corrected chi connectivity index (χ3v) is 3.02. The number of phenols is 1. The van der Waals surface area contributed by atoms with Crippen molar-refractivity contribution in [2.24, 2.45) is 0 Å². The molecule has 0 aliphatic carbocycles. The van der Waals surface area contributed by atoms with Gasteiger partial charge in [0.25, 0.3) is 0 Å². The second kappa shape index (κ2) is 6.73. The summed E-state index contributed by atoms with van der Waals surface area (Å²) in [5.41, 5.74) is 7.99. The first-order chi connectivity index (χ1) is 9.65. The smallest absolute Gasteiger partial charge is 0.176 e. The SMILES string of the molecule is Nc1cccc(C(=O)CNCCc2ccc(O)cc2)c1. The normalized spacial score (nSPS) is 10.4. The highest BCUT2D eigenvalue weighted by atomic mass is 16.3. The highest BCUT2D eigenvalue weighted by molar-refractivity contribution is 5.98. The van der Waals surface area contributed by atoms with Gasteiger partial charge < -0.3 is 16.2 Å². The molecule has 0 unspecified atom stereocenters. The monoisotopic (exact) mass is 270 g/mol. The third kappa shape index (κ3) is 4.10. The molecule has 0 aromatic heterocycles. The Morgan fingerprint density at radius 3 is 2.60 bits per heavy atom. The molecular weight excluding hydrogens is 252 g/mol. The van der Waals surface area contributed by atoms with Gasteiger partial charge in [0.05, 0.1) is 6.54 Å². The van der Waals surface area contributed by atoms with Crippen molar-refractivity contribution in [2.45, 2.75) is 6.42 Å². The number of rotatable bonds is 6. The lowest BCUT2D eigenvalue weighted by molar-refractivity contribution is 0.0991. The molecule has 4 N–H and O–H groups in total. The molecule has 0 radical (unpaired) electrons. The Labute approximate surface area is 118 Å². The number of nitrogens with one attached hydrogen (secondary N) is 1. The first-order valence-corrected chi connectivity index (χ1v) is 6.52. The zero-order valence-corrected chi connectivity index (χ0v) is 11.2. The van der Waals surface area contributed by atoms with Gasteiger partial charge >= 0.3 is 0 Å². The number of anilines is 1. The summed E-state index contributed by atoms with van der Waals surface area (Å²) in [4.78, 5) is 11.9. The van der Waals surface area contributed by atoms with E-state index in [1.54, 1.807) is 36.4 Å². The molecular formula is C16H18N2O2. The Balaban J connectivity index is 1.76. The van der Waals surface area contributed by atoms with Gasteiger partial charge in [0.2, 0.25) is 0 Å². The van der Waals surface area contributed by atoms with Crippen LogP contribution in [0.25, 0.3) is 0 Å². The molecule has 104 valence electrons. The molecule has 0 atom stereocenters. The number of benzene rings is 2. The average molecular weight is 270 g/mol. The second-order valence-electron chi connectivity index (χ2n) is 4.64. The molecule has 0 saturated heterocycles. The molecule has 0 bridgehead atoms. The van der Waals surface area contributed by atoms with Crippen LogP contribution in [0.3, 0.4) is 0 Å². The van der Waals surface area contributed by atoms with Gasteiger partial charge in [-0.25, -0.2) is 0 Å². The van der Waals surface area contributed by atoms with Crippen LogP contribution in [0.4, 0.5) is 5.69 Å². The van der Waals surface area contributed by atoms with Crippen molar-refractivity contribution < 1.29 is 9.90 Å². The quantitative estimate of drug-likeness (QED) is 0.426. The molecule has 0 amide bonds. The number of aromatic hydroxyl groups is 1. The van der Waals surface area contributed by atoms with Crippen LogP contribution in [0.1, 0.15) is 15.9 Å². The van der Waals surface area contributed by atoms with Crippen LogP contribution in [0, 0.1) is 0 Å². The molecule has 4 nitrogen and oxygen atoms in total. The van der Waals surface area contributed by atoms with Crippen molar-refractivity contribution in [2.75, 3.05) is 18.8 Å². The summed E-state index contributed by atoms with van der Waals surface area (Å²) in [5.74, 6) is 0.293. The molecule has 4 heteroatoms. The van der Waals surface area contributed by atoms with E-state index in [0.717, 1.165) is 12.0 Å². The van der Waals surface area contributed by atoms with Gasteiger partial charge in [-0.15, -0.1) is 0 Å². The van der Waals surface area contributed by atoms with Crippen LogP contribution in [-0.2, 0) is 6.42 Å². The Bertz CT molecular complexity index is 579. The summed E-state index contributed by atoms with van der Waals surface area (Å²) in [5, 5.41) is 12.3. The average Bonchev–Trinajstić information content (AvgIpc) is 2.45. The van der Waals surface area contributed by atoms with Gasteiger partial charge in [0.1, 0.15) is 5.75 Å². The number of nitrogen functional groups attached to an aromatic ring is 1. The maximum absolute atomic E-state index is 11.9. The first-order valence-electron chi connectivity index (χ1n) is 6.52. The minimum absolute atomic E-state index is 0.0306. The minimum Gasteiger partial charge on any atom is -0.508 e. The molecule has 0 aliphatic heterocycles. The van der Waals surface area contributed by atoms with E-state index < -0.39 is 0 Å². The fraction of sp³-hybridized carbons (Fsp3) is 0.188. The lowest BCUT2D eigenvalue weighted by atomic mass is 10.1. The molecule has 0 spiro atoms. The van der Waals surface area contributed by atoms with E-state index in [4.69, 9.17) is 5.73 Å². The van der Waals surface area contributed by atoms with Crippen LogP contribution in [0.5, 0.6) is 5.75 Å². The van der Waals surface area contributed by atoms with E-state index in [1.165, 1.54) is 0 Å². The van der Waals surface area contributed by atoms with Crippen molar-refractivity contribution >= 4 is 11.5 Å². The van der Waals surface area contributed by atoms with E-state index in [0.29, 0.717) is 24.3 Å². The van der Waals surface area contributed by atoms with E-state index in [-0.39, 0.29) is 11.5 Å². The summed E-state index contributed by atoms with van der Waals surface area (Å²) >= 11 is 0. The van der Waals surface area contributed by atoms with Crippen molar-refractivity contribution in [1.29, 1.82) is 0 Å². The van der Waals surface area contributed by atoms with Gasteiger partial charge in [-0.1, -0.05) is 24.3 Å². The van der Waals surface area contributed by atoms with Crippen molar-refractivity contribution in [3.8, 4) is 5.75 Å². The Morgan fingerprint density at radius 1 is 1.15 bits per heavy atom. The number of carbonyl (C=O) groups excluding carboxylic acids is 1. The van der Waals surface area contributed by atoms with Crippen molar-refractivity contribution in [3.05, 3.63) is 59.7 Å². The van der Waals surface area contributed by atoms with Gasteiger partial charge in [-0.05, 0) is 42.8 Å². The topological polar surface area (TPSA) is 75.4 Å². The number of carbonyl (C=O) groups is 1. The summed E-state index contributed by atoms with van der Waals surface area (Å²) in [6.45, 7) is 1.00. The maximum atomic E-state index is 11.9. The summed E-state index contributed by atoms with van der Waals surface area (Å²) in [7, 11) is 0. The van der Waals surface area contributed by atoms with E-state index in [2.05, 4.69) is 5.32 Å². The molecule has 0 heterocycles. The zero-order chi connectivity index (χ0) is 14.4. The number of ketones is 1.